The van der Waals surface area contributed by atoms with Crippen molar-refractivity contribution in [2.45, 2.75) is 38.6 Å². The first-order valence-electron chi connectivity index (χ1n) is 9.31. The molecule has 8 heteroatoms. The van der Waals surface area contributed by atoms with Gasteiger partial charge in [-0.2, -0.15) is 5.10 Å². The van der Waals surface area contributed by atoms with Crippen molar-refractivity contribution in [1.29, 1.82) is 0 Å². The van der Waals surface area contributed by atoms with E-state index in [0.717, 1.165) is 52.1 Å². The van der Waals surface area contributed by atoms with E-state index in [9.17, 15) is 4.79 Å². The molecule has 1 unspecified atom stereocenters. The number of amides is 1. The second kappa shape index (κ2) is 10.5. The van der Waals surface area contributed by atoms with E-state index in [4.69, 9.17) is 0 Å². The minimum absolute atomic E-state index is 0. The maximum absolute atomic E-state index is 13.0. The molecule has 2 fully saturated rings. The molecule has 3 rings (SSSR count). The molecule has 3 heterocycles. The number of aromatic nitrogens is 2. The van der Waals surface area contributed by atoms with Crippen LogP contribution in [0.4, 0.5) is 0 Å². The standard InChI is InChI=1S/C18H31N5O.2ClH/c1-15(2)13-22-11-4-16(14-22)12-20-17(24)18(5-8-19-9-6-18)23-10-3-7-21-23;;/h3,7,10,15-16,19H,4-6,8-9,11-14H2,1-2H3,(H,20,24);2*1H. The second-order valence-corrected chi connectivity index (χ2v) is 7.75. The van der Waals surface area contributed by atoms with Crippen molar-refractivity contribution in [3.8, 4) is 0 Å². The first-order valence-corrected chi connectivity index (χ1v) is 9.31. The molecule has 1 aromatic heterocycles. The number of piperidine rings is 1. The highest BCUT2D eigenvalue weighted by molar-refractivity contribution is 5.85. The predicted molar refractivity (Wildman–Crippen MR) is 109 cm³/mol. The zero-order valence-corrected chi connectivity index (χ0v) is 17.5. The maximum atomic E-state index is 13.0. The van der Waals surface area contributed by atoms with Crippen LogP contribution in [0.5, 0.6) is 0 Å². The van der Waals surface area contributed by atoms with E-state index in [1.807, 2.05) is 16.9 Å². The van der Waals surface area contributed by atoms with Crippen LogP contribution >= 0.6 is 24.8 Å². The number of nitrogens with one attached hydrogen (secondary N) is 2. The molecule has 6 nitrogen and oxygen atoms in total. The molecule has 0 spiro atoms. The van der Waals surface area contributed by atoms with Crippen LogP contribution < -0.4 is 10.6 Å². The predicted octanol–water partition coefficient (Wildman–Crippen LogP) is 1.90. The minimum Gasteiger partial charge on any atom is -0.354 e. The third kappa shape index (κ3) is 5.35. The Labute approximate surface area is 169 Å². The Kier molecular flexibility index (Phi) is 9.38. The van der Waals surface area contributed by atoms with Gasteiger partial charge in [-0.3, -0.25) is 9.48 Å². The average Bonchev–Trinajstić information content (AvgIpc) is 3.24. The Hall–Kier alpha value is -0.820. The largest absolute Gasteiger partial charge is 0.354 e. The number of hydrogen-bond donors (Lipinski definition) is 2. The van der Waals surface area contributed by atoms with Gasteiger partial charge in [0.25, 0.3) is 0 Å². The zero-order valence-electron chi connectivity index (χ0n) is 15.8. The van der Waals surface area contributed by atoms with Crippen molar-refractivity contribution in [1.82, 2.24) is 25.3 Å². The van der Waals surface area contributed by atoms with Crippen molar-refractivity contribution in [2.75, 3.05) is 39.3 Å². The van der Waals surface area contributed by atoms with Gasteiger partial charge in [-0.25, -0.2) is 0 Å². The molecule has 1 aromatic rings. The maximum Gasteiger partial charge on any atom is 0.248 e. The van der Waals surface area contributed by atoms with E-state index in [1.54, 1.807) is 6.20 Å². The fourth-order valence-electron chi connectivity index (χ4n) is 4.09. The molecular weight excluding hydrogens is 373 g/mol. The Morgan fingerprint density at radius 3 is 2.69 bits per heavy atom. The van der Waals surface area contributed by atoms with E-state index in [-0.39, 0.29) is 30.7 Å². The van der Waals surface area contributed by atoms with Crippen LogP contribution in [0.1, 0.15) is 33.1 Å². The summed E-state index contributed by atoms with van der Waals surface area (Å²) >= 11 is 0. The molecule has 0 saturated carbocycles. The van der Waals surface area contributed by atoms with Crippen molar-refractivity contribution < 1.29 is 4.79 Å². The average molecular weight is 406 g/mol. The Morgan fingerprint density at radius 1 is 1.35 bits per heavy atom. The molecule has 2 aliphatic rings. The lowest BCUT2D eigenvalue weighted by molar-refractivity contribution is -0.132. The number of likely N-dealkylation sites (tertiary alicyclic amines) is 1. The fourth-order valence-corrected chi connectivity index (χ4v) is 4.09. The summed E-state index contributed by atoms with van der Waals surface area (Å²) in [7, 11) is 0. The van der Waals surface area contributed by atoms with E-state index >= 15 is 0 Å². The highest BCUT2D eigenvalue weighted by atomic mass is 35.5. The summed E-state index contributed by atoms with van der Waals surface area (Å²) in [4.78, 5) is 15.5. The Balaban J connectivity index is 0.00000169. The monoisotopic (exact) mass is 405 g/mol. The van der Waals surface area contributed by atoms with E-state index in [2.05, 4.69) is 34.5 Å². The van der Waals surface area contributed by atoms with E-state index < -0.39 is 5.54 Å². The van der Waals surface area contributed by atoms with Gasteiger partial charge in [0.05, 0.1) is 0 Å². The van der Waals surface area contributed by atoms with Gasteiger partial charge >= 0.3 is 0 Å². The first-order chi connectivity index (χ1) is 11.6. The lowest BCUT2D eigenvalue weighted by atomic mass is 9.87. The number of nitrogens with zero attached hydrogens (tertiary/aromatic N) is 3. The zero-order chi connectivity index (χ0) is 17.0. The van der Waals surface area contributed by atoms with Crippen LogP contribution in [-0.4, -0.2) is 59.9 Å². The van der Waals surface area contributed by atoms with Crippen molar-refractivity contribution in [3.63, 3.8) is 0 Å². The van der Waals surface area contributed by atoms with Gasteiger partial charge < -0.3 is 15.5 Å². The lowest BCUT2D eigenvalue weighted by Gasteiger charge is -2.36. The molecule has 0 aromatic carbocycles. The summed E-state index contributed by atoms with van der Waals surface area (Å²) in [5.74, 6) is 1.41. The van der Waals surface area contributed by atoms with Crippen LogP contribution in [0.25, 0.3) is 0 Å². The van der Waals surface area contributed by atoms with Crippen LogP contribution in [0.3, 0.4) is 0 Å². The lowest BCUT2D eigenvalue weighted by Crippen LogP contribution is -2.55. The van der Waals surface area contributed by atoms with Gasteiger partial charge in [0.15, 0.2) is 0 Å². The minimum atomic E-state index is -0.523. The van der Waals surface area contributed by atoms with Gasteiger partial charge in [-0.15, -0.1) is 24.8 Å². The molecule has 2 saturated heterocycles. The quantitative estimate of drug-likeness (QED) is 0.758. The second-order valence-electron chi connectivity index (χ2n) is 7.75. The van der Waals surface area contributed by atoms with Crippen molar-refractivity contribution in [3.05, 3.63) is 18.5 Å². The first kappa shape index (κ1) is 23.2. The SMILES string of the molecule is CC(C)CN1CCC(CNC(=O)C2(n3cccn3)CCNCC2)C1.Cl.Cl. The molecular formula is C18H33Cl2N5O. The van der Waals surface area contributed by atoms with Gasteiger partial charge in [0.2, 0.25) is 5.91 Å². The molecule has 2 aliphatic heterocycles. The molecule has 150 valence electrons. The highest BCUT2D eigenvalue weighted by Crippen LogP contribution is 2.27. The number of halogens is 2. The van der Waals surface area contributed by atoms with Crippen LogP contribution in [0, 0.1) is 11.8 Å². The molecule has 1 atom stereocenters. The Morgan fingerprint density at radius 2 is 2.08 bits per heavy atom. The number of rotatable bonds is 6. The summed E-state index contributed by atoms with van der Waals surface area (Å²) in [6.45, 7) is 10.5. The summed E-state index contributed by atoms with van der Waals surface area (Å²) in [5, 5.41) is 11.0. The van der Waals surface area contributed by atoms with E-state index in [0.29, 0.717) is 11.8 Å². The third-order valence-corrected chi connectivity index (χ3v) is 5.34. The van der Waals surface area contributed by atoms with E-state index in [1.165, 1.54) is 6.42 Å². The van der Waals surface area contributed by atoms with Gasteiger partial charge in [-0.1, -0.05) is 13.8 Å². The number of carbonyl (C=O) groups excluding carboxylic acids is 1. The van der Waals surface area contributed by atoms with Crippen LogP contribution in [0.15, 0.2) is 18.5 Å². The normalized spacial score (nSPS) is 22.5. The van der Waals surface area contributed by atoms with Gasteiger partial charge in [0.1, 0.15) is 5.54 Å². The number of hydrogen-bond acceptors (Lipinski definition) is 4. The molecule has 26 heavy (non-hydrogen) atoms. The highest BCUT2D eigenvalue weighted by Gasteiger charge is 2.42. The van der Waals surface area contributed by atoms with Crippen LogP contribution in [0.2, 0.25) is 0 Å². The van der Waals surface area contributed by atoms with Gasteiger partial charge in [0, 0.05) is 32.0 Å². The Bertz CT molecular complexity index is 532. The summed E-state index contributed by atoms with van der Waals surface area (Å²) < 4.78 is 1.86. The summed E-state index contributed by atoms with van der Waals surface area (Å²) in [6.07, 6.45) is 6.46. The molecule has 1 amide bonds. The molecule has 0 radical (unpaired) electrons. The third-order valence-electron chi connectivity index (χ3n) is 5.34. The van der Waals surface area contributed by atoms with Crippen LogP contribution in [-0.2, 0) is 10.3 Å². The molecule has 2 N–H and O–H groups in total. The van der Waals surface area contributed by atoms with Crippen molar-refractivity contribution in [2.24, 2.45) is 11.8 Å². The van der Waals surface area contributed by atoms with Crippen molar-refractivity contribution >= 4 is 30.7 Å². The number of carbonyl (C=O) groups is 1. The summed E-state index contributed by atoms with van der Waals surface area (Å²) in [5.41, 5.74) is -0.523. The molecule has 0 aliphatic carbocycles. The van der Waals surface area contributed by atoms with Gasteiger partial charge in [-0.05, 0) is 56.8 Å². The fraction of sp³-hybridized carbons (Fsp3) is 0.778. The topological polar surface area (TPSA) is 62.2 Å². The summed E-state index contributed by atoms with van der Waals surface area (Å²) in [6, 6.07) is 1.90. The smallest absolute Gasteiger partial charge is 0.248 e. The molecule has 0 bridgehead atoms.